The average Bonchev–Trinajstić information content (AvgIpc) is 2.93. The van der Waals surface area contributed by atoms with Gasteiger partial charge in [0.2, 0.25) is 11.8 Å². The first-order chi connectivity index (χ1) is 17.5. The van der Waals surface area contributed by atoms with Crippen molar-refractivity contribution in [2.24, 2.45) is 0 Å². The van der Waals surface area contributed by atoms with Gasteiger partial charge >= 0.3 is 0 Å². The Hall–Kier alpha value is -4.00. The summed E-state index contributed by atoms with van der Waals surface area (Å²) in [5, 5.41) is 3.03. The Morgan fingerprint density at radius 2 is 1.50 bits per heavy atom. The van der Waals surface area contributed by atoms with E-state index >= 15 is 0 Å². The van der Waals surface area contributed by atoms with Gasteiger partial charge in [-0.05, 0) is 47.4 Å². The number of benzene rings is 3. The molecule has 0 saturated carbocycles. The van der Waals surface area contributed by atoms with Crippen LogP contribution in [0.25, 0.3) is 0 Å². The molecule has 0 aliphatic heterocycles. The Bertz CT molecular complexity index is 1130. The van der Waals surface area contributed by atoms with Crippen LogP contribution in [0.5, 0.6) is 17.2 Å². The van der Waals surface area contributed by atoms with E-state index in [1.165, 1.54) is 0 Å². The van der Waals surface area contributed by atoms with Crippen molar-refractivity contribution in [1.82, 2.24) is 10.2 Å². The average molecular weight is 491 g/mol. The predicted molar refractivity (Wildman–Crippen MR) is 139 cm³/mol. The maximum Gasteiger partial charge on any atom is 0.247 e. The van der Waals surface area contributed by atoms with Gasteiger partial charge in [0.1, 0.15) is 11.8 Å². The summed E-state index contributed by atoms with van der Waals surface area (Å²) < 4.78 is 15.9. The van der Waals surface area contributed by atoms with Gasteiger partial charge in [0.05, 0.1) is 21.3 Å². The second-order valence-corrected chi connectivity index (χ2v) is 8.27. The van der Waals surface area contributed by atoms with E-state index in [0.29, 0.717) is 37.4 Å². The summed E-state index contributed by atoms with van der Waals surface area (Å²) in [6, 6.07) is 21.9. The Morgan fingerprint density at radius 3 is 2.11 bits per heavy atom. The predicted octanol–water partition coefficient (Wildman–Crippen LogP) is 4.55. The van der Waals surface area contributed by atoms with E-state index in [0.717, 1.165) is 22.4 Å². The van der Waals surface area contributed by atoms with Crippen molar-refractivity contribution in [3.63, 3.8) is 0 Å². The van der Waals surface area contributed by atoms with Crippen LogP contribution in [0.4, 0.5) is 0 Å². The van der Waals surface area contributed by atoms with Crippen molar-refractivity contribution in [3.8, 4) is 17.2 Å². The lowest BCUT2D eigenvalue weighted by atomic mass is 10.0. The third-order valence-corrected chi connectivity index (χ3v) is 5.97. The quantitative estimate of drug-likeness (QED) is 0.403. The van der Waals surface area contributed by atoms with Crippen molar-refractivity contribution >= 4 is 11.8 Å². The fourth-order valence-electron chi connectivity index (χ4n) is 4.03. The van der Waals surface area contributed by atoms with Crippen molar-refractivity contribution in [2.75, 3.05) is 27.9 Å². The van der Waals surface area contributed by atoms with Crippen LogP contribution < -0.4 is 19.5 Å². The monoisotopic (exact) mass is 490 g/mol. The first-order valence-electron chi connectivity index (χ1n) is 12.0. The van der Waals surface area contributed by atoms with Gasteiger partial charge in [-0.2, -0.15) is 0 Å². The molecule has 0 fully saturated rings. The molecule has 190 valence electrons. The van der Waals surface area contributed by atoms with Crippen LogP contribution in [0.1, 0.15) is 36.1 Å². The summed E-state index contributed by atoms with van der Waals surface area (Å²) in [5.74, 6) is 1.70. The van der Waals surface area contributed by atoms with Crippen LogP contribution in [0.3, 0.4) is 0 Å². The molecule has 0 radical (unpaired) electrons. The van der Waals surface area contributed by atoms with Crippen LogP contribution >= 0.6 is 0 Å². The topological polar surface area (TPSA) is 77.1 Å². The van der Waals surface area contributed by atoms with E-state index in [9.17, 15) is 9.59 Å². The Labute approximate surface area is 213 Å². The van der Waals surface area contributed by atoms with Crippen molar-refractivity contribution in [1.29, 1.82) is 0 Å². The molecule has 0 spiro atoms. The molecule has 3 aromatic carbocycles. The molecule has 3 rings (SSSR count). The molecule has 0 bridgehead atoms. The van der Waals surface area contributed by atoms with Gasteiger partial charge in [0.25, 0.3) is 0 Å². The van der Waals surface area contributed by atoms with Gasteiger partial charge in [-0.1, -0.05) is 55.5 Å². The fraction of sp³-hybridized carbons (Fsp3) is 0.310. The molecule has 2 amide bonds. The van der Waals surface area contributed by atoms with E-state index in [-0.39, 0.29) is 11.8 Å². The molecule has 3 aromatic rings. The molecule has 0 aromatic heterocycles. The second kappa shape index (κ2) is 13.2. The maximum absolute atomic E-state index is 13.5. The Balaban J connectivity index is 1.80. The van der Waals surface area contributed by atoms with Crippen LogP contribution in [-0.4, -0.2) is 44.6 Å². The molecule has 0 aliphatic rings. The van der Waals surface area contributed by atoms with Gasteiger partial charge in [-0.25, -0.2) is 0 Å². The zero-order chi connectivity index (χ0) is 25.9. The van der Waals surface area contributed by atoms with Crippen LogP contribution in [0.2, 0.25) is 0 Å². The number of rotatable bonds is 12. The summed E-state index contributed by atoms with van der Waals surface area (Å²) >= 11 is 0. The van der Waals surface area contributed by atoms with Crippen LogP contribution in [-0.2, 0) is 22.6 Å². The SMILES string of the molecule is CCC(=O)N(Cc1ccc(OC)cc1)C(C(=O)NCCc1ccc(OC)c(OC)c1)c1ccccc1. The first-order valence-corrected chi connectivity index (χ1v) is 12.0. The van der Waals surface area contributed by atoms with Gasteiger partial charge < -0.3 is 24.4 Å². The van der Waals surface area contributed by atoms with E-state index in [1.54, 1.807) is 33.2 Å². The third-order valence-electron chi connectivity index (χ3n) is 5.97. The van der Waals surface area contributed by atoms with Gasteiger partial charge in [0.15, 0.2) is 11.5 Å². The summed E-state index contributed by atoms with van der Waals surface area (Å²) in [5.41, 5.74) is 2.68. The number of carbonyl (C=O) groups excluding carboxylic acids is 2. The van der Waals surface area contributed by atoms with E-state index in [2.05, 4.69) is 5.32 Å². The van der Waals surface area contributed by atoms with Gasteiger partial charge in [0, 0.05) is 19.5 Å². The number of nitrogens with one attached hydrogen (secondary N) is 1. The maximum atomic E-state index is 13.5. The summed E-state index contributed by atoms with van der Waals surface area (Å²) in [6.07, 6.45) is 0.895. The molecule has 7 nitrogen and oxygen atoms in total. The fourth-order valence-corrected chi connectivity index (χ4v) is 4.03. The minimum absolute atomic E-state index is 0.102. The van der Waals surface area contributed by atoms with Crippen molar-refractivity contribution in [2.45, 2.75) is 32.4 Å². The zero-order valence-corrected chi connectivity index (χ0v) is 21.3. The highest BCUT2D eigenvalue weighted by Gasteiger charge is 2.30. The molecule has 1 atom stereocenters. The molecule has 0 saturated heterocycles. The van der Waals surface area contributed by atoms with Gasteiger partial charge in [-0.3, -0.25) is 9.59 Å². The first kappa shape index (κ1) is 26.6. The molecule has 1 unspecified atom stereocenters. The summed E-state index contributed by atoms with van der Waals surface area (Å²) in [7, 11) is 4.80. The second-order valence-electron chi connectivity index (χ2n) is 8.27. The molecule has 7 heteroatoms. The number of hydrogen-bond donors (Lipinski definition) is 1. The van der Waals surface area contributed by atoms with Crippen molar-refractivity contribution < 1.29 is 23.8 Å². The number of nitrogens with zero attached hydrogens (tertiary/aromatic N) is 1. The normalized spacial score (nSPS) is 11.3. The Kier molecular flexibility index (Phi) is 9.74. The smallest absolute Gasteiger partial charge is 0.247 e. The molecule has 0 heterocycles. The molecule has 0 aliphatic carbocycles. The number of ether oxygens (including phenoxy) is 3. The minimum atomic E-state index is -0.758. The highest BCUT2D eigenvalue weighted by Crippen LogP contribution is 2.28. The standard InChI is InChI=1S/C29H34N2O5/c1-5-27(32)31(20-22-11-14-24(34-2)15-12-22)28(23-9-7-6-8-10-23)29(33)30-18-17-21-13-16-25(35-3)26(19-21)36-4/h6-16,19,28H,5,17-18,20H2,1-4H3,(H,30,33). The highest BCUT2D eigenvalue weighted by atomic mass is 16.5. The van der Waals surface area contributed by atoms with E-state index in [1.807, 2.05) is 72.8 Å². The van der Waals surface area contributed by atoms with Gasteiger partial charge in [-0.15, -0.1) is 0 Å². The number of amides is 2. The third kappa shape index (κ3) is 6.78. The van der Waals surface area contributed by atoms with Crippen molar-refractivity contribution in [3.05, 3.63) is 89.5 Å². The van der Waals surface area contributed by atoms with Crippen LogP contribution in [0, 0.1) is 0 Å². The zero-order valence-electron chi connectivity index (χ0n) is 21.3. The number of methoxy groups -OCH3 is 3. The molecule has 36 heavy (non-hydrogen) atoms. The molecular formula is C29H34N2O5. The summed E-state index contributed by atoms with van der Waals surface area (Å²) in [6.45, 7) is 2.52. The molecular weight excluding hydrogens is 456 g/mol. The largest absolute Gasteiger partial charge is 0.497 e. The van der Waals surface area contributed by atoms with Crippen LogP contribution in [0.15, 0.2) is 72.8 Å². The Morgan fingerprint density at radius 1 is 0.833 bits per heavy atom. The molecule has 1 N–H and O–H groups in total. The highest BCUT2D eigenvalue weighted by molar-refractivity contribution is 5.88. The minimum Gasteiger partial charge on any atom is -0.497 e. The number of hydrogen-bond acceptors (Lipinski definition) is 5. The lowest BCUT2D eigenvalue weighted by Crippen LogP contribution is -2.43. The van der Waals surface area contributed by atoms with E-state index < -0.39 is 6.04 Å². The van der Waals surface area contributed by atoms with E-state index in [4.69, 9.17) is 14.2 Å². The number of carbonyl (C=O) groups is 2. The lowest BCUT2D eigenvalue weighted by molar-refractivity contribution is -0.141. The summed E-state index contributed by atoms with van der Waals surface area (Å²) in [4.78, 5) is 28.3. The lowest BCUT2D eigenvalue weighted by Gasteiger charge is -2.31.